The van der Waals surface area contributed by atoms with Gasteiger partial charge in [0.25, 0.3) is 6.20 Å². The predicted octanol–water partition coefficient (Wildman–Crippen LogP) is 1.54. The highest BCUT2D eigenvalue weighted by Gasteiger charge is 2.23. The van der Waals surface area contributed by atoms with E-state index in [1.165, 1.54) is 11.3 Å². The van der Waals surface area contributed by atoms with Gasteiger partial charge in [-0.15, -0.1) is 16.3 Å². The lowest BCUT2D eigenvalue weighted by Crippen LogP contribution is -2.62. The number of morpholine rings is 1. The zero-order chi connectivity index (χ0) is 21.4. The number of rotatable bonds is 4. The molecule has 0 aliphatic carbocycles. The van der Waals surface area contributed by atoms with Crippen LogP contribution in [0.25, 0.3) is 21.5 Å². The average molecular weight is 436 g/mol. The van der Waals surface area contributed by atoms with E-state index in [4.69, 9.17) is 20.0 Å². The number of aliphatic imine (C=N–C) groups is 1. The third kappa shape index (κ3) is 3.71. The SMILES string of the molecule is Cc1cc2c(N)c(/C([O-])=N/c3c[n+](N4CCOCC4)no3)sc2nc1-c1ccccc1. The maximum absolute atomic E-state index is 12.8. The van der Waals surface area contributed by atoms with Crippen LogP contribution in [0.3, 0.4) is 0 Å². The molecule has 0 bridgehead atoms. The Balaban J connectivity index is 1.48. The minimum Gasteiger partial charge on any atom is -0.857 e. The van der Waals surface area contributed by atoms with Crippen LogP contribution in [0.5, 0.6) is 0 Å². The zero-order valence-electron chi connectivity index (χ0n) is 16.8. The fraction of sp³-hybridized carbons (Fsp3) is 0.238. The highest BCUT2D eigenvalue weighted by molar-refractivity contribution is 7.21. The second-order valence-corrected chi connectivity index (χ2v) is 8.16. The molecule has 1 aromatic carbocycles. The molecule has 158 valence electrons. The van der Waals surface area contributed by atoms with Crippen molar-refractivity contribution >= 4 is 39.0 Å². The van der Waals surface area contributed by atoms with Gasteiger partial charge in [0, 0.05) is 16.8 Å². The molecular weight excluding hydrogens is 416 g/mol. The Bertz CT molecular complexity index is 1260. The number of hydrogen-bond donors (Lipinski definition) is 1. The Morgan fingerprint density at radius 3 is 2.81 bits per heavy atom. The zero-order valence-corrected chi connectivity index (χ0v) is 17.6. The van der Waals surface area contributed by atoms with Crippen molar-refractivity contribution in [2.75, 3.05) is 37.0 Å². The Hall–Kier alpha value is -3.50. The monoisotopic (exact) mass is 436 g/mol. The quantitative estimate of drug-likeness (QED) is 0.293. The van der Waals surface area contributed by atoms with E-state index in [9.17, 15) is 5.11 Å². The van der Waals surface area contributed by atoms with Crippen molar-refractivity contribution in [1.82, 2.24) is 10.3 Å². The number of ether oxygens (including phenoxy) is 1. The van der Waals surface area contributed by atoms with E-state index in [1.54, 1.807) is 11.0 Å². The smallest absolute Gasteiger partial charge is 0.324 e. The predicted molar refractivity (Wildman–Crippen MR) is 116 cm³/mol. The van der Waals surface area contributed by atoms with Crippen molar-refractivity contribution in [3.8, 4) is 11.3 Å². The fourth-order valence-corrected chi connectivity index (χ4v) is 4.47. The standard InChI is InChI=1S/C21H20N6O3S/c1-13-11-15-17(22)19(31-21(15)24-18(13)14-5-3-2-4-6-14)20(28)23-16-12-27(25-30-16)26-7-9-29-10-8-26/h2-6,11-12H,7-10H2,1H3,(H2-,22,23,25,28). The van der Waals surface area contributed by atoms with Gasteiger partial charge < -0.3 is 15.6 Å². The van der Waals surface area contributed by atoms with Crippen molar-refractivity contribution in [3.63, 3.8) is 0 Å². The summed E-state index contributed by atoms with van der Waals surface area (Å²) >= 11 is 1.23. The van der Waals surface area contributed by atoms with E-state index >= 15 is 0 Å². The number of aryl methyl sites for hydroxylation is 1. The van der Waals surface area contributed by atoms with Gasteiger partial charge in [-0.1, -0.05) is 30.3 Å². The minimum atomic E-state index is -0.482. The number of fused-ring (bicyclic) bond motifs is 1. The number of benzene rings is 1. The van der Waals surface area contributed by atoms with E-state index in [0.717, 1.165) is 22.2 Å². The number of nitrogen functional groups attached to an aromatic ring is 1. The van der Waals surface area contributed by atoms with Crippen LogP contribution in [0.1, 0.15) is 10.4 Å². The summed E-state index contributed by atoms with van der Waals surface area (Å²) in [4.78, 5) is 11.4. The molecule has 9 nitrogen and oxygen atoms in total. The fourth-order valence-electron chi connectivity index (χ4n) is 3.51. The molecule has 0 spiro atoms. The number of thiophene rings is 1. The van der Waals surface area contributed by atoms with Gasteiger partial charge in [-0.25, -0.2) is 9.98 Å². The first-order valence-corrected chi connectivity index (χ1v) is 10.6. The van der Waals surface area contributed by atoms with Crippen LogP contribution in [0.4, 0.5) is 11.6 Å². The summed E-state index contributed by atoms with van der Waals surface area (Å²) in [5, 5.41) is 19.5. The van der Waals surface area contributed by atoms with Gasteiger partial charge in [0.1, 0.15) is 4.83 Å². The molecule has 1 saturated heterocycles. The molecule has 0 saturated carbocycles. The van der Waals surface area contributed by atoms with E-state index < -0.39 is 5.90 Å². The molecule has 0 radical (unpaired) electrons. The summed E-state index contributed by atoms with van der Waals surface area (Å²) in [5.74, 6) is -0.368. The number of pyridine rings is 1. The summed E-state index contributed by atoms with van der Waals surface area (Å²) in [6.45, 7) is 4.57. The maximum Gasteiger partial charge on any atom is 0.324 e. The largest absolute Gasteiger partial charge is 0.857 e. The third-order valence-corrected chi connectivity index (χ3v) is 6.19. The third-order valence-electron chi connectivity index (χ3n) is 5.09. The molecule has 0 amide bonds. The second kappa shape index (κ2) is 7.97. The molecule has 3 aromatic heterocycles. The van der Waals surface area contributed by atoms with Gasteiger partial charge in [-0.3, -0.25) is 4.52 Å². The lowest BCUT2D eigenvalue weighted by Gasteiger charge is -2.18. The van der Waals surface area contributed by atoms with E-state index in [-0.39, 0.29) is 5.88 Å². The minimum absolute atomic E-state index is 0.113. The van der Waals surface area contributed by atoms with Crippen molar-refractivity contribution in [3.05, 3.63) is 53.0 Å². The first kappa shape index (κ1) is 19.5. The van der Waals surface area contributed by atoms with Crippen LogP contribution in [0.15, 0.2) is 52.1 Å². The van der Waals surface area contributed by atoms with Crippen molar-refractivity contribution in [2.24, 2.45) is 4.99 Å². The molecular formula is C21H20N6O3S. The van der Waals surface area contributed by atoms with Crippen LogP contribution in [-0.2, 0) is 4.74 Å². The number of nitrogens with two attached hydrogens (primary N) is 1. The van der Waals surface area contributed by atoms with E-state index in [0.29, 0.717) is 41.7 Å². The molecule has 10 heteroatoms. The van der Waals surface area contributed by atoms with Crippen LogP contribution in [0.2, 0.25) is 0 Å². The molecule has 4 aromatic rings. The summed E-state index contributed by atoms with van der Waals surface area (Å²) in [7, 11) is 0. The average Bonchev–Trinajstić information content (AvgIpc) is 3.39. The summed E-state index contributed by atoms with van der Waals surface area (Å²) < 4.78 is 10.5. The second-order valence-electron chi connectivity index (χ2n) is 7.16. The molecule has 1 fully saturated rings. The highest BCUT2D eigenvalue weighted by Crippen LogP contribution is 2.36. The molecule has 1 aliphatic rings. The number of aromatic nitrogens is 3. The molecule has 2 N–H and O–H groups in total. The van der Waals surface area contributed by atoms with Crippen LogP contribution in [-0.4, -0.2) is 42.5 Å². The number of hydrogen-bond acceptors (Lipinski definition) is 9. The summed E-state index contributed by atoms with van der Waals surface area (Å²) in [6, 6.07) is 11.9. The first-order valence-electron chi connectivity index (χ1n) is 9.83. The number of nitrogens with zero attached hydrogens (tertiary/aromatic N) is 5. The highest BCUT2D eigenvalue weighted by atomic mass is 32.1. The van der Waals surface area contributed by atoms with Gasteiger partial charge >= 0.3 is 5.88 Å². The Morgan fingerprint density at radius 2 is 2.03 bits per heavy atom. The Labute approximate surface area is 182 Å². The lowest BCUT2D eigenvalue weighted by molar-refractivity contribution is -0.759. The Kier molecular flexibility index (Phi) is 5.00. The lowest BCUT2D eigenvalue weighted by atomic mass is 10.1. The van der Waals surface area contributed by atoms with Gasteiger partial charge in [-0.05, 0) is 18.6 Å². The normalized spacial score (nSPS) is 15.0. The topological polar surface area (TPSA) is 117 Å². The van der Waals surface area contributed by atoms with Gasteiger partial charge in [0.2, 0.25) is 5.27 Å². The first-order chi connectivity index (χ1) is 15.1. The van der Waals surface area contributed by atoms with Crippen LogP contribution in [0, 0.1) is 6.92 Å². The molecule has 0 unspecified atom stereocenters. The van der Waals surface area contributed by atoms with Crippen molar-refractivity contribution < 1.29 is 19.2 Å². The molecule has 31 heavy (non-hydrogen) atoms. The van der Waals surface area contributed by atoms with E-state index in [2.05, 4.69) is 10.3 Å². The van der Waals surface area contributed by atoms with Crippen LogP contribution < -0.4 is 20.6 Å². The van der Waals surface area contributed by atoms with Gasteiger partial charge in [0.05, 0.1) is 47.4 Å². The van der Waals surface area contributed by atoms with E-state index in [1.807, 2.05) is 48.3 Å². The molecule has 1 aliphatic heterocycles. The molecule has 5 rings (SSSR count). The van der Waals surface area contributed by atoms with Gasteiger partial charge in [0.15, 0.2) is 0 Å². The Morgan fingerprint density at radius 1 is 1.26 bits per heavy atom. The van der Waals surface area contributed by atoms with Crippen LogP contribution >= 0.6 is 11.3 Å². The molecule has 4 heterocycles. The van der Waals surface area contributed by atoms with Gasteiger partial charge in [-0.2, -0.15) is 0 Å². The molecule has 0 atom stereocenters. The maximum atomic E-state index is 12.8. The van der Waals surface area contributed by atoms with Crippen molar-refractivity contribution in [1.29, 1.82) is 0 Å². The summed E-state index contributed by atoms with van der Waals surface area (Å²) in [5.41, 5.74) is 9.54. The van der Waals surface area contributed by atoms with Crippen molar-refractivity contribution in [2.45, 2.75) is 6.92 Å². The number of anilines is 1. The summed E-state index contributed by atoms with van der Waals surface area (Å²) in [6.07, 6.45) is 1.57.